The number of amides is 3. The summed E-state index contributed by atoms with van der Waals surface area (Å²) in [7, 11) is 0. The molecule has 1 aliphatic heterocycles. The van der Waals surface area contributed by atoms with E-state index in [1.54, 1.807) is 26.0 Å². The normalized spacial score (nSPS) is 17.5. The fraction of sp³-hybridized carbons (Fsp3) is 0.500. The van der Waals surface area contributed by atoms with E-state index >= 15 is 0 Å². The smallest absolute Gasteiger partial charge is 0.286 e. The number of likely N-dealkylation sites (tertiary alicyclic amines) is 1. The third-order valence-corrected chi connectivity index (χ3v) is 5.92. The average molecular weight is 470 g/mol. The first kappa shape index (κ1) is 25.1. The second kappa shape index (κ2) is 11.0. The monoisotopic (exact) mass is 469 g/mol. The molecule has 1 saturated heterocycles. The van der Waals surface area contributed by atoms with Crippen molar-refractivity contribution in [2.45, 2.75) is 58.7 Å². The van der Waals surface area contributed by atoms with Gasteiger partial charge in [-0.15, -0.1) is 10.2 Å². The van der Waals surface area contributed by atoms with Crippen LogP contribution in [0, 0.1) is 11.8 Å². The predicted molar refractivity (Wildman–Crippen MR) is 123 cm³/mol. The molecule has 0 aliphatic carbocycles. The van der Waals surface area contributed by atoms with E-state index in [2.05, 4.69) is 20.8 Å². The van der Waals surface area contributed by atoms with Crippen LogP contribution in [0.25, 0.3) is 11.5 Å². The van der Waals surface area contributed by atoms with Crippen molar-refractivity contribution in [2.24, 2.45) is 11.8 Å². The Labute approximate surface area is 198 Å². The lowest BCUT2D eigenvalue weighted by molar-refractivity contribution is -0.141. The van der Waals surface area contributed by atoms with E-state index in [0.29, 0.717) is 31.4 Å². The summed E-state index contributed by atoms with van der Waals surface area (Å²) in [6.45, 7) is 7.66. The molecule has 3 amide bonds. The Hall–Kier alpha value is -3.56. The summed E-state index contributed by atoms with van der Waals surface area (Å²) in [4.78, 5) is 51.8. The zero-order valence-corrected chi connectivity index (χ0v) is 19.9. The number of nitrogens with zero attached hydrogens (tertiary/aromatic N) is 3. The van der Waals surface area contributed by atoms with Crippen molar-refractivity contribution in [3.63, 3.8) is 0 Å². The zero-order chi connectivity index (χ0) is 24.8. The number of nitrogens with one attached hydrogen (secondary N) is 2. The molecule has 2 heterocycles. The minimum atomic E-state index is -0.900. The molecule has 2 N–H and O–H groups in total. The summed E-state index contributed by atoms with van der Waals surface area (Å²) >= 11 is 0. The Morgan fingerprint density at radius 2 is 1.74 bits per heavy atom. The lowest BCUT2D eigenvalue weighted by Crippen LogP contribution is -2.56. The molecule has 2 aromatic rings. The highest BCUT2D eigenvalue weighted by Crippen LogP contribution is 2.22. The van der Waals surface area contributed by atoms with Gasteiger partial charge in [0.25, 0.3) is 5.89 Å². The quantitative estimate of drug-likeness (QED) is 0.400. The summed E-state index contributed by atoms with van der Waals surface area (Å²) in [5.41, 5.74) is 0.683. The first-order chi connectivity index (χ1) is 16.2. The minimum absolute atomic E-state index is 0.136. The Kier molecular flexibility index (Phi) is 8.14. The molecule has 0 unspecified atom stereocenters. The van der Waals surface area contributed by atoms with Crippen LogP contribution in [0.5, 0.6) is 0 Å². The molecule has 1 aromatic heterocycles. The van der Waals surface area contributed by atoms with E-state index < -0.39 is 29.8 Å². The van der Waals surface area contributed by atoms with Crippen LogP contribution in [0.2, 0.25) is 0 Å². The van der Waals surface area contributed by atoms with Gasteiger partial charge in [0.15, 0.2) is 0 Å². The van der Waals surface area contributed by atoms with Gasteiger partial charge in [0.05, 0.1) is 6.04 Å². The van der Waals surface area contributed by atoms with E-state index in [0.717, 1.165) is 0 Å². The molecule has 1 aliphatic rings. The van der Waals surface area contributed by atoms with Crippen LogP contribution < -0.4 is 10.6 Å². The molecule has 34 heavy (non-hydrogen) atoms. The van der Waals surface area contributed by atoms with Gasteiger partial charge < -0.3 is 20.0 Å². The van der Waals surface area contributed by atoms with Crippen molar-refractivity contribution in [3.05, 3.63) is 36.2 Å². The van der Waals surface area contributed by atoms with Crippen LogP contribution in [-0.4, -0.2) is 63.8 Å². The van der Waals surface area contributed by atoms with Crippen LogP contribution in [0.3, 0.4) is 0 Å². The molecule has 0 radical (unpaired) electrons. The molecule has 0 spiro atoms. The van der Waals surface area contributed by atoms with Crippen LogP contribution in [-0.2, 0) is 14.4 Å². The molecule has 10 nitrogen and oxygen atoms in total. The van der Waals surface area contributed by atoms with Gasteiger partial charge in [0, 0.05) is 12.1 Å². The van der Waals surface area contributed by atoms with Crippen molar-refractivity contribution in [2.75, 3.05) is 6.54 Å². The molecule has 1 fully saturated rings. The highest BCUT2D eigenvalue weighted by Gasteiger charge is 2.40. The summed E-state index contributed by atoms with van der Waals surface area (Å²) in [5, 5.41) is 13.2. The third kappa shape index (κ3) is 5.49. The predicted octanol–water partition coefficient (Wildman–Crippen LogP) is 1.82. The van der Waals surface area contributed by atoms with Gasteiger partial charge in [0.1, 0.15) is 12.1 Å². The highest BCUT2D eigenvalue weighted by molar-refractivity contribution is 6.00. The fourth-order valence-electron chi connectivity index (χ4n) is 4.04. The second-order valence-electron chi connectivity index (χ2n) is 9.07. The van der Waals surface area contributed by atoms with Gasteiger partial charge in [-0.05, 0) is 36.8 Å². The first-order valence-electron chi connectivity index (χ1n) is 11.5. The molecule has 1 aromatic carbocycles. The van der Waals surface area contributed by atoms with Crippen molar-refractivity contribution in [1.82, 2.24) is 25.7 Å². The second-order valence-corrected chi connectivity index (χ2v) is 9.07. The molecule has 0 saturated carbocycles. The lowest BCUT2D eigenvalue weighted by atomic mass is 9.98. The van der Waals surface area contributed by atoms with Crippen molar-refractivity contribution in [1.29, 1.82) is 0 Å². The summed E-state index contributed by atoms with van der Waals surface area (Å²) in [5.74, 6) is -1.58. The van der Waals surface area contributed by atoms with Gasteiger partial charge in [0.2, 0.25) is 29.9 Å². The molecular formula is C24H31N5O5. The van der Waals surface area contributed by atoms with Crippen LogP contribution >= 0.6 is 0 Å². The van der Waals surface area contributed by atoms with Crippen molar-refractivity contribution >= 4 is 24.0 Å². The maximum absolute atomic E-state index is 13.2. The lowest BCUT2D eigenvalue weighted by Gasteiger charge is -2.31. The number of Topliss-reactive ketones (excluding diaryl/α,β-unsaturated/α-hetero) is 1. The van der Waals surface area contributed by atoms with Gasteiger partial charge >= 0.3 is 0 Å². The Balaban J connectivity index is 1.74. The Morgan fingerprint density at radius 1 is 1.06 bits per heavy atom. The van der Waals surface area contributed by atoms with Gasteiger partial charge in [-0.2, -0.15) is 0 Å². The van der Waals surface area contributed by atoms with E-state index in [9.17, 15) is 19.2 Å². The van der Waals surface area contributed by atoms with Crippen LogP contribution in [0.1, 0.15) is 51.2 Å². The standard InChI is InChI=1S/C24H31N5O5/c1-14(2)18(20(31)23-28-27-22(34-23)16-9-6-5-7-10-16)26-21(32)17-11-8-12-29(17)24(33)19(15(3)4)25-13-30/h5-7,9-10,13-15,17-19H,8,11-12H2,1-4H3,(H,25,30)(H,26,32)/t17-,18-,19-/m0/s1. The van der Waals surface area contributed by atoms with E-state index in [1.165, 1.54) is 4.90 Å². The van der Waals surface area contributed by atoms with E-state index in [4.69, 9.17) is 4.42 Å². The van der Waals surface area contributed by atoms with E-state index in [-0.39, 0.29) is 29.5 Å². The third-order valence-electron chi connectivity index (χ3n) is 5.92. The summed E-state index contributed by atoms with van der Waals surface area (Å²) < 4.78 is 5.58. The molecule has 10 heteroatoms. The minimum Gasteiger partial charge on any atom is -0.414 e. The van der Waals surface area contributed by atoms with Gasteiger partial charge in [-0.3, -0.25) is 19.2 Å². The Morgan fingerprint density at radius 3 is 2.35 bits per heavy atom. The first-order valence-corrected chi connectivity index (χ1v) is 11.5. The fourth-order valence-corrected chi connectivity index (χ4v) is 4.04. The van der Waals surface area contributed by atoms with Crippen LogP contribution in [0.4, 0.5) is 0 Å². The van der Waals surface area contributed by atoms with Crippen molar-refractivity contribution < 1.29 is 23.6 Å². The summed E-state index contributed by atoms with van der Waals surface area (Å²) in [6, 6.07) is 6.73. The van der Waals surface area contributed by atoms with E-state index in [1.807, 2.05) is 32.0 Å². The number of aromatic nitrogens is 2. The number of carbonyl (C=O) groups excluding carboxylic acids is 4. The summed E-state index contributed by atoms with van der Waals surface area (Å²) in [6.07, 6.45) is 1.62. The van der Waals surface area contributed by atoms with Gasteiger partial charge in [-0.1, -0.05) is 45.9 Å². The van der Waals surface area contributed by atoms with Crippen molar-refractivity contribution in [3.8, 4) is 11.5 Å². The number of ketones is 1. The Bertz CT molecular complexity index is 1020. The molecule has 0 bridgehead atoms. The average Bonchev–Trinajstić information content (AvgIpc) is 3.50. The maximum Gasteiger partial charge on any atom is 0.286 e. The largest absolute Gasteiger partial charge is 0.414 e. The number of rotatable bonds is 10. The number of hydrogen-bond donors (Lipinski definition) is 2. The number of hydrogen-bond acceptors (Lipinski definition) is 7. The molecular weight excluding hydrogens is 438 g/mol. The SMILES string of the molecule is CC(C)[C@H](NC(=O)[C@@H]1CCCN1C(=O)[C@@H](NC=O)C(C)C)C(=O)c1nnc(-c2ccccc2)o1. The molecule has 182 valence electrons. The zero-order valence-electron chi connectivity index (χ0n) is 19.9. The number of carbonyl (C=O) groups is 4. The maximum atomic E-state index is 13.2. The highest BCUT2D eigenvalue weighted by atomic mass is 16.4. The van der Waals surface area contributed by atoms with Crippen LogP contribution in [0.15, 0.2) is 34.7 Å². The van der Waals surface area contributed by atoms with Gasteiger partial charge in [-0.25, -0.2) is 0 Å². The molecule has 3 atom stereocenters. The number of benzene rings is 1. The topological polar surface area (TPSA) is 134 Å². The molecule has 3 rings (SSSR count).